The van der Waals surface area contributed by atoms with Crippen molar-refractivity contribution in [3.63, 3.8) is 0 Å². The summed E-state index contributed by atoms with van der Waals surface area (Å²) in [4.78, 5) is 5.63. The molecule has 0 fully saturated rings. The Morgan fingerprint density at radius 3 is 2.95 bits per heavy atom. The molecule has 2 atom stereocenters. The van der Waals surface area contributed by atoms with Crippen molar-refractivity contribution in [1.82, 2.24) is 14.9 Å². The molecule has 0 aliphatic heterocycles. The highest BCUT2D eigenvalue weighted by atomic mass is 32.1. The summed E-state index contributed by atoms with van der Waals surface area (Å²) >= 11 is 1.69. The Balaban J connectivity index is 2.21. The Morgan fingerprint density at radius 2 is 2.37 bits per heavy atom. The van der Waals surface area contributed by atoms with Crippen LogP contribution in [0.1, 0.15) is 26.3 Å². The van der Waals surface area contributed by atoms with Gasteiger partial charge in [0.15, 0.2) is 0 Å². The standard InChI is InChI=1S/C14H21N3OS/c1-11(9-14(2,10-18)15-3)17-7-6-16-13(17)12-5-4-8-19-12/h4-8,11,15,18H,9-10H2,1-3H3. The zero-order valence-electron chi connectivity index (χ0n) is 11.6. The van der Waals surface area contributed by atoms with Crippen LogP contribution in [0.15, 0.2) is 29.9 Å². The van der Waals surface area contributed by atoms with E-state index >= 15 is 0 Å². The molecule has 2 aromatic heterocycles. The fourth-order valence-corrected chi connectivity index (χ4v) is 2.99. The highest BCUT2D eigenvalue weighted by molar-refractivity contribution is 7.13. The van der Waals surface area contributed by atoms with Crippen molar-refractivity contribution in [3.8, 4) is 10.7 Å². The fraction of sp³-hybridized carbons (Fsp3) is 0.500. The third-order valence-electron chi connectivity index (χ3n) is 3.58. The van der Waals surface area contributed by atoms with Crippen molar-refractivity contribution in [2.45, 2.75) is 31.8 Å². The van der Waals surface area contributed by atoms with Crippen LogP contribution >= 0.6 is 11.3 Å². The van der Waals surface area contributed by atoms with Gasteiger partial charge >= 0.3 is 0 Å². The maximum atomic E-state index is 9.50. The normalized spacial score (nSPS) is 16.2. The van der Waals surface area contributed by atoms with Gasteiger partial charge in [0, 0.05) is 24.0 Å². The molecule has 0 saturated heterocycles. The maximum Gasteiger partial charge on any atom is 0.150 e. The maximum absolute atomic E-state index is 9.50. The van der Waals surface area contributed by atoms with Crippen LogP contribution in [0, 0.1) is 0 Å². The predicted molar refractivity (Wildman–Crippen MR) is 79.4 cm³/mol. The van der Waals surface area contributed by atoms with Crippen molar-refractivity contribution in [2.24, 2.45) is 0 Å². The second-order valence-electron chi connectivity index (χ2n) is 5.16. The zero-order chi connectivity index (χ0) is 13.9. The molecule has 0 amide bonds. The number of imidazole rings is 1. The second kappa shape index (κ2) is 5.86. The van der Waals surface area contributed by atoms with Gasteiger partial charge in [0.25, 0.3) is 0 Å². The van der Waals surface area contributed by atoms with Crippen LogP contribution in [-0.2, 0) is 0 Å². The second-order valence-corrected chi connectivity index (χ2v) is 6.11. The lowest BCUT2D eigenvalue weighted by Crippen LogP contribution is -2.44. The van der Waals surface area contributed by atoms with Crippen LogP contribution < -0.4 is 5.32 Å². The molecule has 2 N–H and O–H groups in total. The largest absolute Gasteiger partial charge is 0.394 e. The molecule has 0 aliphatic carbocycles. The molecule has 0 aliphatic rings. The van der Waals surface area contributed by atoms with Crippen LogP contribution in [0.4, 0.5) is 0 Å². The lowest BCUT2D eigenvalue weighted by atomic mass is 9.94. The average Bonchev–Trinajstić information content (AvgIpc) is 3.08. The van der Waals surface area contributed by atoms with Crippen LogP contribution in [0.3, 0.4) is 0 Å². The van der Waals surface area contributed by atoms with Crippen molar-refractivity contribution < 1.29 is 5.11 Å². The highest BCUT2D eigenvalue weighted by Gasteiger charge is 2.25. The van der Waals surface area contributed by atoms with E-state index in [-0.39, 0.29) is 18.2 Å². The fourth-order valence-electron chi connectivity index (χ4n) is 2.26. The van der Waals surface area contributed by atoms with Crippen LogP contribution in [-0.4, -0.2) is 33.9 Å². The van der Waals surface area contributed by atoms with E-state index in [0.29, 0.717) is 0 Å². The van der Waals surface area contributed by atoms with E-state index < -0.39 is 0 Å². The minimum absolute atomic E-state index is 0.122. The van der Waals surface area contributed by atoms with Gasteiger partial charge in [-0.1, -0.05) is 6.07 Å². The Hall–Kier alpha value is -1.17. The van der Waals surface area contributed by atoms with Gasteiger partial charge in [0.2, 0.25) is 0 Å². The number of thiophene rings is 1. The number of likely N-dealkylation sites (N-methyl/N-ethyl adjacent to an activating group) is 1. The van der Waals surface area contributed by atoms with E-state index in [1.165, 1.54) is 4.88 Å². The van der Waals surface area contributed by atoms with Crippen molar-refractivity contribution >= 4 is 11.3 Å². The van der Waals surface area contributed by atoms with Crippen molar-refractivity contribution in [2.75, 3.05) is 13.7 Å². The molecule has 0 aromatic carbocycles. The Bertz CT molecular complexity index is 503. The Kier molecular flexibility index (Phi) is 4.39. The molecule has 19 heavy (non-hydrogen) atoms. The number of hydrogen-bond donors (Lipinski definition) is 2. The molecule has 0 spiro atoms. The van der Waals surface area contributed by atoms with E-state index in [1.807, 2.05) is 32.4 Å². The van der Waals surface area contributed by atoms with Crippen molar-refractivity contribution in [1.29, 1.82) is 0 Å². The molecule has 0 radical (unpaired) electrons. The quantitative estimate of drug-likeness (QED) is 0.854. The van der Waals surface area contributed by atoms with Gasteiger partial charge in [0.1, 0.15) is 5.82 Å². The van der Waals surface area contributed by atoms with E-state index in [4.69, 9.17) is 0 Å². The number of aromatic nitrogens is 2. The third kappa shape index (κ3) is 3.05. The lowest BCUT2D eigenvalue weighted by molar-refractivity contribution is 0.159. The summed E-state index contributed by atoms with van der Waals surface area (Å²) in [6.07, 6.45) is 4.68. The van der Waals surface area contributed by atoms with Gasteiger partial charge in [-0.25, -0.2) is 4.98 Å². The first-order valence-corrected chi connectivity index (χ1v) is 7.34. The molecule has 0 bridgehead atoms. The molecule has 104 valence electrons. The summed E-state index contributed by atoms with van der Waals surface area (Å²) in [7, 11) is 1.89. The van der Waals surface area contributed by atoms with Gasteiger partial charge in [-0.15, -0.1) is 11.3 Å². The van der Waals surface area contributed by atoms with Gasteiger partial charge in [0.05, 0.1) is 11.5 Å². The SMILES string of the molecule is CNC(C)(CO)CC(C)n1ccnc1-c1cccs1. The van der Waals surface area contributed by atoms with E-state index in [2.05, 4.69) is 33.2 Å². The minimum Gasteiger partial charge on any atom is -0.394 e. The number of nitrogens with one attached hydrogen (secondary N) is 1. The summed E-state index contributed by atoms with van der Waals surface area (Å²) in [6.45, 7) is 4.31. The minimum atomic E-state index is -0.267. The summed E-state index contributed by atoms with van der Waals surface area (Å²) in [5.74, 6) is 0.999. The topological polar surface area (TPSA) is 50.1 Å². The highest BCUT2D eigenvalue weighted by Crippen LogP contribution is 2.28. The Labute approximate surface area is 118 Å². The number of aliphatic hydroxyl groups is 1. The summed E-state index contributed by atoms with van der Waals surface area (Å²) in [5.41, 5.74) is -0.267. The zero-order valence-corrected chi connectivity index (χ0v) is 12.4. The molecule has 0 saturated carbocycles. The van der Waals surface area contributed by atoms with Crippen molar-refractivity contribution in [3.05, 3.63) is 29.9 Å². The van der Waals surface area contributed by atoms with Gasteiger partial charge in [-0.3, -0.25) is 0 Å². The monoisotopic (exact) mass is 279 g/mol. The molecular formula is C14H21N3OS. The number of aliphatic hydroxyl groups excluding tert-OH is 1. The Morgan fingerprint density at radius 1 is 1.58 bits per heavy atom. The number of rotatable bonds is 6. The summed E-state index contributed by atoms with van der Waals surface area (Å²) in [5, 5.41) is 14.8. The number of hydrogen-bond acceptors (Lipinski definition) is 4. The van der Waals surface area contributed by atoms with E-state index in [9.17, 15) is 5.11 Å². The van der Waals surface area contributed by atoms with Crippen LogP contribution in [0.2, 0.25) is 0 Å². The average molecular weight is 279 g/mol. The predicted octanol–water partition coefficient (Wildman–Crippen LogP) is 2.53. The van der Waals surface area contributed by atoms with Crippen LogP contribution in [0.5, 0.6) is 0 Å². The molecule has 2 aromatic rings. The smallest absolute Gasteiger partial charge is 0.150 e. The van der Waals surface area contributed by atoms with Gasteiger partial charge in [-0.05, 0) is 38.8 Å². The van der Waals surface area contributed by atoms with E-state index in [0.717, 1.165) is 12.2 Å². The first-order chi connectivity index (χ1) is 9.09. The first-order valence-electron chi connectivity index (χ1n) is 6.46. The third-order valence-corrected chi connectivity index (χ3v) is 4.45. The summed E-state index contributed by atoms with van der Waals surface area (Å²) in [6, 6.07) is 4.39. The molecule has 4 nitrogen and oxygen atoms in total. The molecular weight excluding hydrogens is 258 g/mol. The molecule has 2 unspecified atom stereocenters. The molecule has 5 heteroatoms. The van der Waals surface area contributed by atoms with Gasteiger partial charge in [-0.2, -0.15) is 0 Å². The van der Waals surface area contributed by atoms with E-state index in [1.54, 1.807) is 11.3 Å². The molecule has 2 rings (SSSR count). The van der Waals surface area contributed by atoms with Gasteiger partial charge < -0.3 is 15.0 Å². The number of nitrogens with zero attached hydrogens (tertiary/aromatic N) is 2. The lowest BCUT2D eigenvalue weighted by Gasteiger charge is -2.31. The first kappa shape index (κ1) is 14.2. The summed E-state index contributed by atoms with van der Waals surface area (Å²) < 4.78 is 2.18. The molecule has 2 heterocycles. The van der Waals surface area contributed by atoms with Crippen LogP contribution in [0.25, 0.3) is 10.7 Å².